The van der Waals surface area contributed by atoms with E-state index in [9.17, 15) is 9.90 Å². The Morgan fingerprint density at radius 3 is 2.50 bits per heavy atom. The van der Waals surface area contributed by atoms with Gasteiger partial charge in [0.2, 0.25) is 0 Å². The van der Waals surface area contributed by atoms with Gasteiger partial charge in [0.05, 0.1) is 0 Å². The first-order valence-electron chi connectivity index (χ1n) is 11.9. The van der Waals surface area contributed by atoms with E-state index < -0.39 is 0 Å². The van der Waals surface area contributed by atoms with Crippen molar-refractivity contribution in [3.8, 4) is 16.9 Å². The molecule has 1 aliphatic carbocycles. The highest BCUT2D eigenvalue weighted by Gasteiger charge is 2.46. The quantitative estimate of drug-likeness (QED) is 0.395. The molecular formula is C28H31N3O2S. The number of phenolic OH excluding ortho intramolecular Hbond substituents is 1. The molecule has 3 aromatic carbocycles. The molecule has 6 heteroatoms. The van der Waals surface area contributed by atoms with Crippen molar-refractivity contribution >= 4 is 23.7 Å². The monoisotopic (exact) mass is 473 g/mol. The van der Waals surface area contributed by atoms with Gasteiger partial charge in [0.15, 0.2) is 0 Å². The zero-order chi connectivity index (χ0) is 23.9. The van der Waals surface area contributed by atoms with Gasteiger partial charge in [0.25, 0.3) is 0 Å². The Bertz CT molecular complexity index is 1230. The fraction of sp³-hybridized carbons (Fsp3) is 0.321. The van der Waals surface area contributed by atoms with E-state index in [1.165, 1.54) is 30.4 Å². The summed E-state index contributed by atoms with van der Waals surface area (Å²) in [4.78, 5) is 16.2. The molecule has 176 valence electrons. The lowest BCUT2D eigenvalue weighted by atomic mass is 9.79. The van der Waals surface area contributed by atoms with E-state index in [1.54, 1.807) is 0 Å². The number of aromatic hydroxyl groups is 1. The Morgan fingerprint density at radius 2 is 1.79 bits per heavy atom. The molecule has 1 aliphatic heterocycles. The SMILES string of the molecule is Cc1cc(-c2ccc3c(c2)C2(CCCC2)CN3C(=O)NCc2ccc(SN)cc2)c(C)cc1O. The number of phenols is 1. The molecule has 2 aliphatic rings. The fourth-order valence-electron chi connectivity index (χ4n) is 5.57. The lowest BCUT2D eigenvalue weighted by Crippen LogP contribution is -2.41. The van der Waals surface area contributed by atoms with Crippen LogP contribution in [0.4, 0.5) is 10.5 Å². The smallest absolute Gasteiger partial charge is 0.322 e. The lowest BCUT2D eigenvalue weighted by molar-refractivity contribution is 0.245. The molecule has 0 atom stereocenters. The van der Waals surface area contributed by atoms with Gasteiger partial charge in [-0.2, -0.15) is 0 Å². The minimum Gasteiger partial charge on any atom is -0.508 e. The highest BCUT2D eigenvalue weighted by Crippen LogP contribution is 2.51. The molecule has 0 radical (unpaired) electrons. The molecule has 1 heterocycles. The predicted molar refractivity (Wildman–Crippen MR) is 139 cm³/mol. The summed E-state index contributed by atoms with van der Waals surface area (Å²) in [5, 5.41) is 18.8. The number of nitrogens with two attached hydrogens (primary N) is 1. The summed E-state index contributed by atoms with van der Waals surface area (Å²) in [7, 11) is 0. The van der Waals surface area contributed by atoms with Crippen molar-refractivity contribution < 1.29 is 9.90 Å². The van der Waals surface area contributed by atoms with Gasteiger partial charge in [-0.25, -0.2) is 4.79 Å². The molecule has 5 nitrogen and oxygen atoms in total. The second kappa shape index (κ2) is 9.01. The van der Waals surface area contributed by atoms with Crippen molar-refractivity contribution in [1.29, 1.82) is 0 Å². The van der Waals surface area contributed by atoms with E-state index in [0.717, 1.165) is 57.8 Å². The number of fused-ring (bicyclic) bond motifs is 2. The van der Waals surface area contributed by atoms with Crippen LogP contribution in [0.3, 0.4) is 0 Å². The van der Waals surface area contributed by atoms with Crippen LogP contribution in [0.25, 0.3) is 11.1 Å². The van der Waals surface area contributed by atoms with E-state index in [2.05, 4.69) is 29.6 Å². The number of nitrogens with zero attached hydrogens (tertiary/aromatic N) is 1. The summed E-state index contributed by atoms with van der Waals surface area (Å²) < 4.78 is 0. The fourth-order valence-corrected chi connectivity index (χ4v) is 5.86. The van der Waals surface area contributed by atoms with E-state index in [-0.39, 0.29) is 11.4 Å². The molecule has 3 aromatic rings. The largest absolute Gasteiger partial charge is 0.508 e. The van der Waals surface area contributed by atoms with Crippen LogP contribution in [0.1, 0.15) is 47.9 Å². The maximum atomic E-state index is 13.3. The Kier molecular flexibility index (Phi) is 6.04. The Labute approximate surface area is 205 Å². The van der Waals surface area contributed by atoms with Crippen molar-refractivity contribution in [2.24, 2.45) is 5.14 Å². The minimum absolute atomic E-state index is 0.0303. The number of rotatable bonds is 4. The number of anilines is 1. The van der Waals surface area contributed by atoms with Crippen molar-refractivity contribution in [2.75, 3.05) is 11.4 Å². The van der Waals surface area contributed by atoms with E-state index in [4.69, 9.17) is 5.14 Å². The summed E-state index contributed by atoms with van der Waals surface area (Å²) in [6.45, 7) is 5.18. The van der Waals surface area contributed by atoms with Crippen LogP contribution in [0.5, 0.6) is 5.75 Å². The van der Waals surface area contributed by atoms with Crippen LogP contribution in [-0.2, 0) is 12.0 Å². The molecule has 1 saturated carbocycles. The zero-order valence-electron chi connectivity index (χ0n) is 19.7. The van der Waals surface area contributed by atoms with Crippen molar-refractivity contribution in [3.05, 3.63) is 76.9 Å². The number of hydrogen-bond acceptors (Lipinski definition) is 4. The number of carbonyl (C=O) groups excluding carboxylic acids is 1. The number of carbonyl (C=O) groups is 1. The van der Waals surface area contributed by atoms with Gasteiger partial charge in [-0.05, 0) is 108 Å². The average molecular weight is 474 g/mol. The van der Waals surface area contributed by atoms with Gasteiger partial charge < -0.3 is 10.4 Å². The summed E-state index contributed by atoms with van der Waals surface area (Å²) in [6, 6.07) is 18.3. The molecule has 34 heavy (non-hydrogen) atoms. The second-order valence-electron chi connectivity index (χ2n) is 9.68. The van der Waals surface area contributed by atoms with E-state index >= 15 is 0 Å². The zero-order valence-corrected chi connectivity index (χ0v) is 20.5. The van der Waals surface area contributed by atoms with Crippen LogP contribution >= 0.6 is 11.9 Å². The molecule has 0 aromatic heterocycles. The second-order valence-corrected chi connectivity index (χ2v) is 10.4. The summed E-state index contributed by atoms with van der Waals surface area (Å²) in [5.74, 6) is 0.328. The highest BCUT2D eigenvalue weighted by molar-refractivity contribution is 7.97. The molecule has 5 rings (SSSR count). The van der Waals surface area contributed by atoms with Gasteiger partial charge in [0.1, 0.15) is 5.75 Å². The number of aryl methyl sites for hydroxylation is 2. The van der Waals surface area contributed by atoms with Crippen molar-refractivity contribution in [2.45, 2.75) is 56.4 Å². The number of benzene rings is 3. The van der Waals surface area contributed by atoms with Gasteiger partial charge in [-0.1, -0.05) is 31.0 Å². The first-order valence-corrected chi connectivity index (χ1v) is 12.7. The molecule has 1 spiro atoms. The molecule has 1 fully saturated rings. The Balaban J connectivity index is 1.44. The maximum absolute atomic E-state index is 13.3. The van der Waals surface area contributed by atoms with Gasteiger partial charge in [0, 0.05) is 29.1 Å². The number of hydrogen-bond donors (Lipinski definition) is 3. The van der Waals surface area contributed by atoms with Crippen LogP contribution in [0, 0.1) is 13.8 Å². The highest BCUT2D eigenvalue weighted by atomic mass is 32.2. The molecule has 4 N–H and O–H groups in total. The normalized spacial score (nSPS) is 16.1. The van der Waals surface area contributed by atoms with Gasteiger partial charge in [-0.15, -0.1) is 0 Å². The van der Waals surface area contributed by atoms with Gasteiger partial charge >= 0.3 is 6.03 Å². The Hall–Kier alpha value is -2.96. The van der Waals surface area contributed by atoms with Gasteiger partial charge in [-0.3, -0.25) is 10.0 Å². The third-order valence-corrected chi connectivity index (χ3v) is 8.03. The van der Waals surface area contributed by atoms with Crippen molar-refractivity contribution in [1.82, 2.24) is 5.32 Å². The minimum atomic E-state index is -0.0493. The lowest BCUT2D eigenvalue weighted by Gasteiger charge is -2.25. The summed E-state index contributed by atoms with van der Waals surface area (Å²) in [5.41, 5.74) is 7.58. The molecule has 0 unspecified atom stereocenters. The van der Waals surface area contributed by atoms with Crippen molar-refractivity contribution in [3.63, 3.8) is 0 Å². The molecule has 0 saturated heterocycles. The predicted octanol–water partition coefficient (Wildman–Crippen LogP) is 6.18. The van der Waals surface area contributed by atoms with E-state index in [0.29, 0.717) is 12.3 Å². The number of nitrogens with one attached hydrogen (secondary N) is 1. The van der Waals surface area contributed by atoms with Crippen LogP contribution in [0.15, 0.2) is 59.5 Å². The molecular weight excluding hydrogens is 442 g/mol. The third kappa shape index (κ3) is 4.05. The van der Waals surface area contributed by atoms with Crippen LogP contribution < -0.4 is 15.4 Å². The topological polar surface area (TPSA) is 78.6 Å². The summed E-state index contributed by atoms with van der Waals surface area (Å²) in [6.07, 6.45) is 4.61. The first kappa shape index (κ1) is 22.8. The van der Waals surface area contributed by atoms with Crippen LogP contribution in [0.2, 0.25) is 0 Å². The summed E-state index contributed by atoms with van der Waals surface area (Å²) >= 11 is 1.22. The Morgan fingerprint density at radius 1 is 1.06 bits per heavy atom. The standard InChI is InChI=1S/C28H31N3O2S/c1-18-14-26(32)19(2)13-23(18)21-7-10-25-24(15-21)28(11-3-4-12-28)17-31(25)27(33)30-16-20-5-8-22(34-29)9-6-20/h5-10,13-15,32H,3-4,11-12,16-17,29H2,1-2H3,(H,30,33). The third-order valence-electron chi connectivity index (χ3n) is 7.48. The van der Waals surface area contributed by atoms with Crippen LogP contribution in [-0.4, -0.2) is 17.7 Å². The average Bonchev–Trinajstić information content (AvgIpc) is 3.45. The molecule has 0 bridgehead atoms. The number of urea groups is 1. The molecule has 2 amide bonds. The maximum Gasteiger partial charge on any atom is 0.322 e. The van der Waals surface area contributed by atoms with E-state index in [1.807, 2.05) is 49.1 Å². The first-order chi connectivity index (χ1) is 16.4. The number of amides is 2.